The van der Waals surface area contributed by atoms with Crippen molar-refractivity contribution >= 4 is 49.1 Å². The second-order valence-corrected chi connectivity index (χ2v) is 14.8. The summed E-state index contributed by atoms with van der Waals surface area (Å²) in [7, 11) is 1.23. The topological polar surface area (TPSA) is 120 Å². The summed E-state index contributed by atoms with van der Waals surface area (Å²) in [4.78, 5) is 23.8. The Morgan fingerprint density at radius 2 is 1.89 bits per heavy atom. The van der Waals surface area contributed by atoms with Crippen molar-refractivity contribution in [3.63, 3.8) is 0 Å². The van der Waals surface area contributed by atoms with E-state index in [9.17, 15) is 32.0 Å². The molecule has 3 atom stereocenters. The summed E-state index contributed by atoms with van der Waals surface area (Å²) >= 11 is 0.698. The Balaban J connectivity index is 0.000000192. The van der Waals surface area contributed by atoms with Gasteiger partial charge in [0.25, 0.3) is 0 Å². The van der Waals surface area contributed by atoms with E-state index in [1.165, 1.54) is 32.8 Å². The highest BCUT2D eigenvalue weighted by Crippen LogP contribution is 2.47. The Labute approximate surface area is 307 Å². The number of anilines is 2. The Morgan fingerprint density at radius 3 is 2.49 bits per heavy atom. The van der Waals surface area contributed by atoms with Gasteiger partial charge in [-0.15, -0.1) is 11.3 Å². The quantitative estimate of drug-likeness (QED) is 0.195. The first-order chi connectivity index (χ1) is 25.3. The molecule has 3 N–H and O–H groups in total. The van der Waals surface area contributed by atoms with E-state index in [-0.39, 0.29) is 50.0 Å². The summed E-state index contributed by atoms with van der Waals surface area (Å²) in [6.07, 6.45) is 2.51. The number of halogens is 6. The molecule has 3 aliphatic heterocycles. The second kappa shape index (κ2) is 15.5. The van der Waals surface area contributed by atoms with Crippen molar-refractivity contribution in [3.05, 3.63) is 41.0 Å². The fourth-order valence-electron chi connectivity index (χ4n) is 7.45. The zero-order valence-electron chi connectivity index (χ0n) is 29.6. The number of ether oxygens (including phenoxy) is 1. The number of nitrogens with two attached hydrogens (primary N) is 1. The molecule has 2 aromatic heterocycles. The fraction of sp³-hybridized carbons (Fsp3) is 0.514. The van der Waals surface area contributed by atoms with Crippen molar-refractivity contribution in [1.29, 1.82) is 5.26 Å². The predicted octanol–water partition coefficient (Wildman–Crippen LogP) is 8.30. The van der Waals surface area contributed by atoms with Crippen molar-refractivity contribution in [2.75, 3.05) is 44.3 Å². The summed E-state index contributed by atoms with van der Waals surface area (Å²) in [5.41, 5.74) is 2.59. The van der Waals surface area contributed by atoms with Gasteiger partial charge < -0.3 is 20.7 Å². The van der Waals surface area contributed by atoms with Crippen molar-refractivity contribution in [3.8, 4) is 23.2 Å². The Kier molecular flexibility index (Phi) is 11.3. The van der Waals surface area contributed by atoms with Gasteiger partial charge in [0, 0.05) is 54.0 Å². The van der Waals surface area contributed by atoms with Crippen LogP contribution in [0, 0.1) is 28.9 Å². The smallest absolute Gasteiger partial charge is 0.417 e. The SMILES string of the molecule is CC1CCCN1C(=O)C1CC1.CCNc1nc(OC)nc2c(F)c(-c3ccc(F)c4sc(N)c(C#N)c34)c(C(F)(F)F)cc12.FC1CC2CCCN2C1. The van der Waals surface area contributed by atoms with E-state index in [2.05, 4.69) is 32.0 Å². The lowest BCUT2D eigenvalue weighted by Gasteiger charge is -2.20. The summed E-state index contributed by atoms with van der Waals surface area (Å²) in [6.45, 7) is 7.01. The molecule has 4 aliphatic rings. The van der Waals surface area contributed by atoms with E-state index < -0.39 is 40.6 Å². The predicted molar refractivity (Wildman–Crippen MR) is 192 cm³/mol. The maximum Gasteiger partial charge on any atom is 0.417 e. The molecule has 8 rings (SSSR count). The third kappa shape index (κ3) is 7.82. The van der Waals surface area contributed by atoms with Gasteiger partial charge in [-0.25, -0.2) is 13.2 Å². The number of alkyl halides is 4. The molecular formula is C37H41F6N7O2S. The van der Waals surface area contributed by atoms with Gasteiger partial charge in [-0.2, -0.15) is 28.4 Å². The van der Waals surface area contributed by atoms with Crippen LogP contribution in [0.2, 0.25) is 0 Å². The van der Waals surface area contributed by atoms with Crippen LogP contribution in [0.1, 0.15) is 69.9 Å². The number of nitrogen functional groups attached to an aromatic ring is 1. The average Bonchev–Trinajstić information content (AvgIpc) is 3.35. The number of nitrogens with zero attached hydrogens (tertiary/aromatic N) is 5. The highest BCUT2D eigenvalue weighted by molar-refractivity contribution is 7.23. The minimum Gasteiger partial charge on any atom is -0.467 e. The Bertz CT molecular complexity index is 2030. The summed E-state index contributed by atoms with van der Waals surface area (Å²) in [5.74, 6) is -1.32. The summed E-state index contributed by atoms with van der Waals surface area (Å²) in [5, 5.41) is 11.8. The lowest BCUT2D eigenvalue weighted by Crippen LogP contribution is -2.34. The number of rotatable bonds is 5. The molecule has 0 bridgehead atoms. The van der Waals surface area contributed by atoms with E-state index in [1.807, 2.05) is 0 Å². The Hall–Kier alpha value is -4.36. The number of hydrogen-bond donors (Lipinski definition) is 2. The highest BCUT2D eigenvalue weighted by atomic mass is 32.1. The monoisotopic (exact) mass is 761 g/mol. The molecule has 1 aliphatic carbocycles. The number of methoxy groups -OCH3 is 1. The number of nitrogens with one attached hydrogen (secondary N) is 1. The first kappa shape index (κ1) is 38.4. The maximum absolute atomic E-state index is 15.9. The van der Waals surface area contributed by atoms with Crippen LogP contribution < -0.4 is 15.8 Å². The van der Waals surface area contributed by atoms with Crippen LogP contribution in [0.15, 0.2) is 18.2 Å². The van der Waals surface area contributed by atoms with E-state index in [1.54, 1.807) is 13.0 Å². The normalized spacial score (nSPS) is 21.1. The fourth-order valence-corrected chi connectivity index (χ4v) is 8.40. The van der Waals surface area contributed by atoms with E-state index in [4.69, 9.17) is 10.5 Å². The molecule has 4 aromatic rings. The lowest BCUT2D eigenvalue weighted by molar-refractivity contribution is -0.137. The number of carbonyl (C=O) groups is 1. The van der Waals surface area contributed by atoms with Crippen LogP contribution in [0.25, 0.3) is 32.1 Å². The number of amides is 1. The standard InChI is InChI=1S/C21H14F5N5OS.C9H15NO.C7H12FN/c1-3-29-19-9-6-11(21(24,25)26)14(15(23)16(9)30-20(31-19)32-2)8-4-5-12(22)17-13(8)10(7-27)18(28)33-17;1-7-3-2-6-10(7)9(11)8-4-5-8;8-6-4-7-2-1-3-9(7)5-6/h4-6H,3,28H2,1-2H3,(H,29,30,31);7-8H,2-6H2,1H3;6-7H,1-5H2. The number of benzene rings is 2. The lowest BCUT2D eigenvalue weighted by atomic mass is 9.92. The first-order valence-corrected chi connectivity index (χ1v) is 18.6. The highest BCUT2D eigenvalue weighted by Gasteiger charge is 2.39. The van der Waals surface area contributed by atoms with Gasteiger partial charge in [-0.05, 0) is 83.0 Å². The largest absolute Gasteiger partial charge is 0.467 e. The Morgan fingerprint density at radius 1 is 1.15 bits per heavy atom. The van der Waals surface area contributed by atoms with E-state index in [0.29, 0.717) is 41.8 Å². The van der Waals surface area contributed by atoms with Gasteiger partial charge in [-0.3, -0.25) is 9.69 Å². The molecule has 9 nitrogen and oxygen atoms in total. The number of thiophene rings is 1. The zero-order valence-corrected chi connectivity index (χ0v) is 30.4. The van der Waals surface area contributed by atoms with Crippen LogP contribution in [0.5, 0.6) is 6.01 Å². The van der Waals surface area contributed by atoms with Crippen LogP contribution in [0.3, 0.4) is 0 Å². The number of fused-ring (bicyclic) bond motifs is 3. The molecule has 1 amide bonds. The number of hydrogen-bond acceptors (Lipinski definition) is 9. The minimum atomic E-state index is -5.00. The molecule has 4 fully saturated rings. The van der Waals surface area contributed by atoms with Gasteiger partial charge in [0.1, 0.15) is 34.4 Å². The summed E-state index contributed by atoms with van der Waals surface area (Å²) in [6, 6.07) is 5.27. The molecule has 3 unspecified atom stereocenters. The molecule has 284 valence electrons. The third-order valence-electron chi connectivity index (χ3n) is 10.2. The molecule has 0 spiro atoms. The molecule has 1 saturated carbocycles. The first-order valence-electron chi connectivity index (χ1n) is 17.8. The third-order valence-corrected chi connectivity index (χ3v) is 11.2. The van der Waals surface area contributed by atoms with Crippen LogP contribution >= 0.6 is 11.3 Å². The molecule has 5 heterocycles. The molecule has 0 radical (unpaired) electrons. The molecule has 3 saturated heterocycles. The molecular weight excluding hydrogens is 721 g/mol. The molecule has 2 aromatic carbocycles. The van der Waals surface area contributed by atoms with Crippen LogP contribution in [0.4, 0.5) is 37.2 Å². The number of nitriles is 1. The molecule has 16 heteroatoms. The number of likely N-dealkylation sites (tertiary alicyclic amines) is 1. The maximum atomic E-state index is 15.9. The van der Waals surface area contributed by atoms with Crippen molar-refractivity contribution in [2.24, 2.45) is 5.92 Å². The van der Waals surface area contributed by atoms with Gasteiger partial charge in [0.15, 0.2) is 5.82 Å². The van der Waals surface area contributed by atoms with Gasteiger partial charge in [0.05, 0.1) is 22.9 Å². The number of aromatic nitrogens is 2. The van der Waals surface area contributed by atoms with Gasteiger partial charge in [-0.1, -0.05) is 6.07 Å². The minimum absolute atomic E-state index is 0.0444. The van der Waals surface area contributed by atoms with Crippen molar-refractivity contribution in [1.82, 2.24) is 19.8 Å². The van der Waals surface area contributed by atoms with Crippen LogP contribution in [-0.4, -0.2) is 77.2 Å². The average molecular weight is 762 g/mol. The van der Waals surface area contributed by atoms with Crippen LogP contribution in [-0.2, 0) is 11.0 Å². The summed E-state index contributed by atoms with van der Waals surface area (Å²) < 4.78 is 90.2. The van der Waals surface area contributed by atoms with Gasteiger partial charge in [0.2, 0.25) is 5.91 Å². The second-order valence-electron chi connectivity index (χ2n) is 13.8. The van der Waals surface area contributed by atoms with E-state index in [0.717, 1.165) is 50.6 Å². The van der Waals surface area contributed by atoms with Crippen molar-refractivity contribution < 1.29 is 35.9 Å². The van der Waals surface area contributed by atoms with E-state index >= 15 is 4.39 Å². The zero-order chi connectivity index (χ0) is 38.2. The van der Waals surface area contributed by atoms with Gasteiger partial charge >= 0.3 is 12.2 Å². The molecule has 53 heavy (non-hydrogen) atoms. The number of carbonyl (C=O) groups excluding carboxylic acids is 1. The van der Waals surface area contributed by atoms with Crippen molar-refractivity contribution in [2.45, 2.75) is 83.2 Å².